The number of carbonyl (C=O) groups is 3. The number of nitrogens with zero attached hydrogens (tertiary/aromatic N) is 2. The molecule has 8 nitrogen and oxygen atoms in total. The number of carbonyl (C=O) groups excluding carboxylic acids is 3. The van der Waals surface area contributed by atoms with E-state index in [9.17, 15) is 22.8 Å². The van der Waals surface area contributed by atoms with Gasteiger partial charge in [-0.2, -0.15) is 0 Å². The van der Waals surface area contributed by atoms with E-state index in [0.29, 0.717) is 6.54 Å². The maximum atomic E-state index is 13.3. The summed E-state index contributed by atoms with van der Waals surface area (Å²) in [5.41, 5.74) is 2.03. The highest BCUT2D eigenvalue weighted by Crippen LogP contribution is 2.30. The molecule has 1 atom stereocenters. The zero-order valence-electron chi connectivity index (χ0n) is 19.8. The third-order valence-corrected chi connectivity index (χ3v) is 7.75. The van der Waals surface area contributed by atoms with Gasteiger partial charge in [-0.05, 0) is 38.0 Å². The lowest BCUT2D eigenvalue weighted by atomic mass is 10.1. The number of hydrogen-bond donors (Lipinski definition) is 1. The molecule has 0 saturated heterocycles. The van der Waals surface area contributed by atoms with Crippen LogP contribution in [0.1, 0.15) is 54.6 Å². The van der Waals surface area contributed by atoms with Gasteiger partial charge in [-0.1, -0.05) is 55.3 Å². The average Bonchev–Trinajstić information content (AvgIpc) is 3.02. The highest BCUT2D eigenvalue weighted by molar-refractivity contribution is 7.90. The Labute approximate surface area is 201 Å². The predicted octanol–water partition coefficient (Wildman–Crippen LogP) is 2.86. The van der Waals surface area contributed by atoms with Gasteiger partial charge in [-0.15, -0.1) is 0 Å². The van der Waals surface area contributed by atoms with E-state index in [0.717, 1.165) is 28.3 Å². The van der Waals surface area contributed by atoms with Crippen molar-refractivity contribution in [2.45, 2.75) is 57.5 Å². The van der Waals surface area contributed by atoms with Crippen molar-refractivity contribution in [1.82, 2.24) is 14.5 Å². The standard InChI is InChI=1S/C25H31N3O5S/c1-4-5-15-26-24(30)19(3)27(17-20-12-10-18(2)11-13-20)23(29)14-16-28-25(31)21-8-6-7-9-22(21)34(28,32)33/h6-13,19H,4-5,14-17H2,1-3H3,(H,26,30)/t19-/m1/s1. The fourth-order valence-electron chi connectivity index (χ4n) is 3.80. The summed E-state index contributed by atoms with van der Waals surface area (Å²) in [4.78, 5) is 40.0. The topological polar surface area (TPSA) is 104 Å². The molecule has 182 valence electrons. The summed E-state index contributed by atoms with van der Waals surface area (Å²) >= 11 is 0. The Balaban J connectivity index is 1.76. The van der Waals surface area contributed by atoms with Crippen LogP contribution >= 0.6 is 0 Å². The maximum Gasteiger partial charge on any atom is 0.269 e. The minimum atomic E-state index is -4.00. The van der Waals surface area contributed by atoms with Gasteiger partial charge in [0.25, 0.3) is 15.9 Å². The molecule has 2 aromatic rings. The molecule has 0 spiro atoms. The Morgan fingerprint density at radius 3 is 2.41 bits per heavy atom. The Bertz CT molecular complexity index is 1160. The van der Waals surface area contributed by atoms with E-state index in [4.69, 9.17) is 0 Å². The molecule has 0 aliphatic carbocycles. The summed E-state index contributed by atoms with van der Waals surface area (Å²) in [5, 5.41) is 2.85. The summed E-state index contributed by atoms with van der Waals surface area (Å²) in [5.74, 6) is -1.32. The number of sulfonamides is 1. The Hall–Kier alpha value is -3.20. The van der Waals surface area contributed by atoms with Crippen LogP contribution < -0.4 is 5.32 Å². The summed E-state index contributed by atoms with van der Waals surface area (Å²) in [6, 6.07) is 12.9. The Morgan fingerprint density at radius 1 is 1.09 bits per heavy atom. The van der Waals surface area contributed by atoms with E-state index in [1.54, 1.807) is 19.1 Å². The summed E-state index contributed by atoms with van der Waals surface area (Å²) in [6.07, 6.45) is 1.54. The van der Waals surface area contributed by atoms with E-state index in [2.05, 4.69) is 5.32 Å². The second-order valence-electron chi connectivity index (χ2n) is 8.46. The minimum Gasteiger partial charge on any atom is -0.354 e. The predicted molar refractivity (Wildman–Crippen MR) is 128 cm³/mol. The molecule has 0 saturated carbocycles. The van der Waals surface area contributed by atoms with Crippen molar-refractivity contribution >= 4 is 27.7 Å². The third kappa shape index (κ3) is 5.47. The van der Waals surface area contributed by atoms with Crippen molar-refractivity contribution < 1.29 is 22.8 Å². The molecular weight excluding hydrogens is 454 g/mol. The second kappa shape index (κ2) is 10.8. The van der Waals surface area contributed by atoms with Crippen molar-refractivity contribution in [1.29, 1.82) is 0 Å². The zero-order valence-corrected chi connectivity index (χ0v) is 20.6. The molecule has 1 aliphatic heterocycles. The smallest absolute Gasteiger partial charge is 0.269 e. The molecule has 0 fully saturated rings. The lowest BCUT2D eigenvalue weighted by Gasteiger charge is -2.29. The number of nitrogens with one attached hydrogen (secondary N) is 1. The molecule has 0 aromatic heterocycles. The lowest BCUT2D eigenvalue weighted by molar-refractivity contribution is -0.140. The van der Waals surface area contributed by atoms with Crippen LogP contribution in [-0.4, -0.2) is 54.5 Å². The van der Waals surface area contributed by atoms with Crippen LogP contribution in [0.4, 0.5) is 0 Å². The van der Waals surface area contributed by atoms with Gasteiger partial charge >= 0.3 is 0 Å². The van der Waals surface area contributed by atoms with Crippen LogP contribution in [-0.2, 0) is 26.2 Å². The van der Waals surface area contributed by atoms with Crippen LogP contribution in [0.2, 0.25) is 0 Å². The van der Waals surface area contributed by atoms with Gasteiger partial charge in [0, 0.05) is 26.1 Å². The first-order chi connectivity index (χ1) is 16.2. The Kier molecular flexibility index (Phi) is 8.09. The molecule has 1 heterocycles. The summed E-state index contributed by atoms with van der Waals surface area (Å²) < 4.78 is 26.4. The van der Waals surface area contributed by atoms with Crippen LogP contribution in [0.5, 0.6) is 0 Å². The van der Waals surface area contributed by atoms with Crippen LogP contribution in [0.25, 0.3) is 0 Å². The number of amides is 3. The molecule has 9 heteroatoms. The first-order valence-electron chi connectivity index (χ1n) is 11.5. The maximum absolute atomic E-state index is 13.3. The van der Waals surface area contributed by atoms with E-state index < -0.39 is 27.9 Å². The zero-order chi connectivity index (χ0) is 24.9. The van der Waals surface area contributed by atoms with E-state index in [1.165, 1.54) is 17.0 Å². The molecule has 3 rings (SSSR count). The summed E-state index contributed by atoms with van der Waals surface area (Å²) in [6.45, 7) is 6.06. The SMILES string of the molecule is CCCCNC(=O)[C@@H](C)N(Cc1ccc(C)cc1)C(=O)CCN1C(=O)c2ccccc2S1(=O)=O. The van der Waals surface area contributed by atoms with E-state index >= 15 is 0 Å². The van der Waals surface area contributed by atoms with Crippen molar-refractivity contribution in [3.8, 4) is 0 Å². The average molecular weight is 486 g/mol. The largest absolute Gasteiger partial charge is 0.354 e. The molecule has 0 bridgehead atoms. The van der Waals surface area contributed by atoms with Gasteiger partial charge in [0.2, 0.25) is 11.8 Å². The number of benzene rings is 2. The highest BCUT2D eigenvalue weighted by Gasteiger charge is 2.41. The normalized spacial score (nSPS) is 15.0. The molecule has 1 N–H and O–H groups in total. The van der Waals surface area contributed by atoms with Gasteiger partial charge in [-0.25, -0.2) is 12.7 Å². The van der Waals surface area contributed by atoms with Crippen LogP contribution in [0.15, 0.2) is 53.4 Å². The van der Waals surface area contributed by atoms with E-state index in [1.807, 2.05) is 38.1 Å². The van der Waals surface area contributed by atoms with Crippen LogP contribution in [0, 0.1) is 6.92 Å². The van der Waals surface area contributed by atoms with Crippen molar-refractivity contribution in [3.63, 3.8) is 0 Å². The third-order valence-electron chi connectivity index (χ3n) is 5.91. The van der Waals surface area contributed by atoms with Gasteiger partial charge in [0.15, 0.2) is 0 Å². The first-order valence-corrected chi connectivity index (χ1v) is 12.9. The second-order valence-corrected chi connectivity index (χ2v) is 10.3. The first kappa shape index (κ1) is 25.4. The number of hydrogen-bond acceptors (Lipinski definition) is 5. The van der Waals surface area contributed by atoms with Gasteiger partial charge in [0.1, 0.15) is 10.9 Å². The molecule has 2 aromatic carbocycles. The minimum absolute atomic E-state index is 0.0485. The van der Waals surface area contributed by atoms with Gasteiger partial charge in [-0.3, -0.25) is 14.4 Å². The van der Waals surface area contributed by atoms with E-state index in [-0.39, 0.29) is 35.9 Å². The lowest BCUT2D eigenvalue weighted by Crippen LogP contribution is -2.48. The van der Waals surface area contributed by atoms with Gasteiger partial charge in [0.05, 0.1) is 5.56 Å². The van der Waals surface area contributed by atoms with Crippen molar-refractivity contribution in [2.75, 3.05) is 13.1 Å². The number of unbranched alkanes of at least 4 members (excludes halogenated alkanes) is 1. The number of fused-ring (bicyclic) bond motifs is 1. The molecular formula is C25H31N3O5S. The highest BCUT2D eigenvalue weighted by atomic mass is 32.2. The van der Waals surface area contributed by atoms with Crippen molar-refractivity contribution in [3.05, 3.63) is 65.2 Å². The van der Waals surface area contributed by atoms with Crippen LogP contribution in [0.3, 0.4) is 0 Å². The molecule has 34 heavy (non-hydrogen) atoms. The number of aryl methyl sites for hydroxylation is 1. The number of rotatable bonds is 10. The Morgan fingerprint density at radius 2 is 1.76 bits per heavy atom. The monoisotopic (exact) mass is 485 g/mol. The van der Waals surface area contributed by atoms with Crippen molar-refractivity contribution in [2.24, 2.45) is 0 Å². The molecule has 1 aliphatic rings. The molecule has 0 radical (unpaired) electrons. The summed E-state index contributed by atoms with van der Waals surface area (Å²) in [7, 11) is -4.00. The van der Waals surface area contributed by atoms with Gasteiger partial charge < -0.3 is 10.2 Å². The quantitative estimate of drug-likeness (QED) is 0.521. The molecule has 3 amide bonds. The fraction of sp³-hybridized carbons (Fsp3) is 0.400. The molecule has 0 unspecified atom stereocenters. The fourth-order valence-corrected chi connectivity index (χ4v) is 5.37.